The van der Waals surface area contributed by atoms with Crippen molar-refractivity contribution in [2.24, 2.45) is 0 Å². The van der Waals surface area contributed by atoms with Crippen LogP contribution in [0.15, 0.2) is 18.9 Å². The van der Waals surface area contributed by atoms with Crippen LogP contribution >= 0.6 is 0 Å². The van der Waals surface area contributed by atoms with E-state index in [1.165, 1.54) is 0 Å². The Labute approximate surface area is 114 Å². The quantitative estimate of drug-likeness (QED) is 0.716. The van der Waals surface area contributed by atoms with E-state index in [1.807, 2.05) is 0 Å². The Balaban J connectivity index is 1.66. The Morgan fingerprint density at radius 3 is 3.00 bits per heavy atom. The van der Waals surface area contributed by atoms with E-state index in [0.717, 1.165) is 48.6 Å². The fourth-order valence-corrected chi connectivity index (χ4v) is 2.81. The number of hydrogen-bond donors (Lipinski definition) is 2. The predicted molar refractivity (Wildman–Crippen MR) is 72.3 cm³/mol. The molecule has 0 bridgehead atoms. The van der Waals surface area contributed by atoms with Gasteiger partial charge in [-0.15, -0.1) is 0 Å². The number of fused-ring (bicyclic) bond motifs is 1. The summed E-state index contributed by atoms with van der Waals surface area (Å²) in [4.78, 5) is 15.2. The highest BCUT2D eigenvalue weighted by atomic mass is 15.2. The van der Waals surface area contributed by atoms with Crippen LogP contribution in [0, 0.1) is 0 Å². The molecular formula is C12H14N8. The predicted octanol–water partition coefficient (Wildman–Crippen LogP) is 0.855. The minimum Gasteiger partial charge on any atom is -0.355 e. The molecule has 2 N–H and O–H groups in total. The normalized spacial score (nSPS) is 19.6. The van der Waals surface area contributed by atoms with E-state index in [0.29, 0.717) is 5.92 Å². The Bertz CT molecular complexity index is 703. The van der Waals surface area contributed by atoms with Crippen molar-refractivity contribution in [2.75, 3.05) is 18.0 Å². The number of aromatic nitrogens is 7. The van der Waals surface area contributed by atoms with E-state index in [2.05, 4.69) is 40.2 Å². The van der Waals surface area contributed by atoms with Crippen molar-refractivity contribution in [2.45, 2.75) is 18.8 Å². The molecule has 0 spiro atoms. The van der Waals surface area contributed by atoms with Gasteiger partial charge in [-0.3, -0.25) is 10.2 Å². The molecule has 0 saturated carbocycles. The maximum absolute atomic E-state index is 4.43. The molecule has 8 heteroatoms. The Hall–Kier alpha value is -2.51. The van der Waals surface area contributed by atoms with Gasteiger partial charge in [-0.2, -0.15) is 10.2 Å². The molecule has 0 amide bonds. The second-order valence-electron chi connectivity index (χ2n) is 4.99. The fourth-order valence-electron chi connectivity index (χ4n) is 2.81. The molecule has 1 aliphatic heterocycles. The molecule has 1 saturated heterocycles. The first-order chi connectivity index (χ1) is 9.92. The van der Waals surface area contributed by atoms with E-state index >= 15 is 0 Å². The molecular weight excluding hydrogens is 256 g/mol. The molecule has 0 radical (unpaired) electrons. The second-order valence-corrected chi connectivity index (χ2v) is 4.99. The number of rotatable bonds is 2. The first-order valence-corrected chi connectivity index (χ1v) is 6.66. The Morgan fingerprint density at radius 1 is 1.10 bits per heavy atom. The van der Waals surface area contributed by atoms with Crippen LogP contribution < -0.4 is 4.90 Å². The topological polar surface area (TPSA) is 99.3 Å². The third-order valence-corrected chi connectivity index (χ3v) is 3.77. The van der Waals surface area contributed by atoms with Crippen LogP contribution in [0.4, 0.5) is 5.82 Å². The van der Waals surface area contributed by atoms with Gasteiger partial charge in [0.2, 0.25) is 0 Å². The van der Waals surface area contributed by atoms with Gasteiger partial charge in [-0.25, -0.2) is 15.0 Å². The molecule has 20 heavy (non-hydrogen) atoms. The number of nitrogens with zero attached hydrogens (tertiary/aromatic N) is 6. The standard InChI is InChI=1S/C12H14N8/c1-2-8(10-14-7-17-18-10)5-20(3-1)12-9-4-16-19-11(9)13-6-15-12/h4,6-8H,1-3,5H2,(H,14,17,18)(H,13,15,16,19)/t8-/m1/s1. The molecule has 8 nitrogen and oxygen atoms in total. The monoisotopic (exact) mass is 270 g/mol. The number of piperidine rings is 1. The van der Waals surface area contributed by atoms with Crippen molar-refractivity contribution in [1.82, 2.24) is 35.3 Å². The lowest BCUT2D eigenvalue weighted by atomic mass is 9.97. The zero-order valence-electron chi connectivity index (χ0n) is 10.8. The maximum Gasteiger partial charge on any atom is 0.160 e. The van der Waals surface area contributed by atoms with Crippen molar-refractivity contribution in [3.63, 3.8) is 0 Å². The number of anilines is 1. The third kappa shape index (κ3) is 1.80. The fraction of sp³-hybridized carbons (Fsp3) is 0.417. The molecule has 4 heterocycles. The van der Waals surface area contributed by atoms with Crippen LogP contribution in [-0.2, 0) is 0 Å². The van der Waals surface area contributed by atoms with E-state index in [4.69, 9.17) is 0 Å². The average Bonchev–Trinajstić information content (AvgIpc) is 3.18. The van der Waals surface area contributed by atoms with E-state index in [1.54, 1.807) is 18.9 Å². The molecule has 0 aromatic carbocycles. The smallest absolute Gasteiger partial charge is 0.160 e. The second kappa shape index (κ2) is 4.55. The minimum atomic E-state index is 0.364. The van der Waals surface area contributed by atoms with Gasteiger partial charge in [0, 0.05) is 19.0 Å². The number of nitrogens with one attached hydrogen (secondary N) is 2. The molecule has 3 aromatic heterocycles. The molecule has 3 aromatic rings. The highest BCUT2D eigenvalue weighted by Crippen LogP contribution is 2.29. The summed E-state index contributed by atoms with van der Waals surface area (Å²) in [5.74, 6) is 2.25. The van der Waals surface area contributed by atoms with Gasteiger partial charge in [-0.1, -0.05) is 0 Å². The van der Waals surface area contributed by atoms with Gasteiger partial charge < -0.3 is 4.90 Å². The Morgan fingerprint density at radius 2 is 2.10 bits per heavy atom. The van der Waals surface area contributed by atoms with Crippen LogP contribution in [0.25, 0.3) is 11.0 Å². The zero-order chi connectivity index (χ0) is 13.4. The minimum absolute atomic E-state index is 0.364. The van der Waals surface area contributed by atoms with Crippen LogP contribution in [0.5, 0.6) is 0 Å². The van der Waals surface area contributed by atoms with Crippen LogP contribution in [0.1, 0.15) is 24.6 Å². The maximum atomic E-state index is 4.43. The molecule has 0 unspecified atom stereocenters. The summed E-state index contributed by atoms with van der Waals surface area (Å²) in [7, 11) is 0. The largest absolute Gasteiger partial charge is 0.355 e. The number of aromatic amines is 2. The Kier molecular flexibility index (Phi) is 2.58. The highest BCUT2D eigenvalue weighted by Gasteiger charge is 2.25. The summed E-state index contributed by atoms with van der Waals surface area (Å²) in [6.07, 6.45) is 7.14. The van der Waals surface area contributed by atoms with Crippen molar-refractivity contribution in [1.29, 1.82) is 0 Å². The van der Waals surface area contributed by atoms with Crippen LogP contribution in [-0.4, -0.2) is 48.4 Å². The summed E-state index contributed by atoms with van der Waals surface area (Å²) < 4.78 is 0. The summed E-state index contributed by atoms with van der Waals surface area (Å²) in [6, 6.07) is 0. The van der Waals surface area contributed by atoms with Crippen molar-refractivity contribution in [3.8, 4) is 0 Å². The first-order valence-electron chi connectivity index (χ1n) is 6.66. The van der Waals surface area contributed by atoms with E-state index in [9.17, 15) is 0 Å². The third-order valence-electron chi connectivity index (χ3n) is 3.77. The number of H-pyrrole nitrogens is 2. The molecule has 1 fully saturated rings. The van der Waals surface area contributed by atoms with Crippen LogP contribution in [0.3, 0.4) is 0 Å². The lowest BCUT2D eigenvalue weighted by molar-refractivity contribution is 0.490. The molecule has 102 valence electrons. The summed E-state index contributed by atoms with van der Waals surface area (Å²) in [6.45, 7) is 1.87. The van der Waals surface area contributed by atoms with Gasteiger partial charge in [0.25, 0.3) is 0 Å². The van der Waals surface area contributed by atoms with Gasteiger partial charge in [0.05, 0.1) is 11.6 Å². The summed E-state index contributed by atoms with van der Waals surface area (Å²) >= 11 is 0. The zero-order valence-corrected chi connectivity index (χ0v) is 10.8. The van der Waals surface area contributed by atoms with Crippen molar-refractivity contribution >= 4 is 16.9 Å². The summed E-state index contributed by atoms with van der Waals surface area (Å²) in [5.41, 5.74) is 0.775. The van der Waals surface area contributed by atoms with E-state index < -0.39 is 0 Å². The van der Waals surface area contributed by atoms with Gasteiger partial charge >= 0.3 is 0 Å². The highest BCUT2D eigenvalue weighted by molar-refractivity contribution is 5.86. The van der Waals surface area contributed by atoms with Crippen LogP contribution in [0.2, 0.25) is 0 Å². The lowest BCUT2D eigenvalue weighted by Crippen LogP contribution is -2.35. The SMILES string of the molecule is c1n[nH]c([C@@H]2CCCN(c3ncnc4[nH]ncc34)C2)n1. The first kappa shape index (κ1) is 11.3. The lowest BCUT2D eigenvalue weighted by Gasteiger charge is -2.32. The summed E-state index contributed by atoms with van der Waals surface area (Å²) in [5, 5.41) is 14.8. The van der Waals surface area contributed by atoms with Gasteiger partial charge in [0.1, 0.15) is 24.3 Å². The molecule has 1 aliphatic rings. The molecule has 0 aliphatic carbocycles. The van der Waals surface area contributed by atoms with E-state index in [-0.39, 0.29) is 0 Å². The molecule has 1 atom stereocenters. The van der Waals surface area contributed by atoms with Crippen molar-refractivity contribution < 1.29 is 0 Å². The number of hydrogen-bond acceptors (Lipinski definition) is 6. The van der Waals surface area contributed by atoms with Gasteiger partial charge in [0.15, 0.2) is 5.65 Å². The molecule has 4 rings (SSSR count). The average molecular weight is 270 g/mol. The van der Waals surface area contributed by atoms with Crippen molar-refractivity contribution in [3.05, 3.63) is 24.7 Å². The van der Waals surface area contributed by atoms with Gasteiger partial charge in [-0.05, 0) is 12.8 Å².